The minimum atomic E-state index is 0.586. The van der Waals surface area contributed by atoms with Crippen molar-refractivity contribution in [3.8, 4) is 0 Å². The molecule has 0 radical (unpaired) electrons. The zero-order valence-corrected chi connectivity index (χ0v) is 11.9. The van der Waals surface area contributed by atoms with Crippen LogP contribution in [-0.4, -0.2) is 23.1 Å². The van der Waals surface area contributed by atoms with Gasteiger partial charge in [0.05, 0.1) is 0 Å². The van der Waals surface area contributed by atoms with Crippen molar-refractivity contribution < 1.29 is 0 Å². The van der Waals surface area contributed by atoms with Gasteiger partial charge in [0.1, 0.15) is 17.5 Å². The molecule has 0 atom stereocenters. The Labute approximate surface area is 110 Å². The predicted octanol–water partition coefficient (Wildman–Crippen LogP) is 3.16. The monoisotopic (exact) mass is 248 g/mol. The van der Waals surface area contributed by atoms with E-state index in [4.69, 9.17) is 0 Å². The number of nitrogens with zero attached hydrogens (tertiary/aromatic N) is 2. The van der Waals surface area contributed by atoms with Gasteiger partial charge in [-0.1, -0.05) is 13.8 Å². The maximum absolute atomic E-state index is 4.69. The first-order valence-electron chi connectivity index (χ1n) is 6.98. The molecular formula is C14H24N4. The van der Waals surface area contributed by atoms with Crippen LogP contribution < -0.4 is 10.6 Å². The fourth-order valence-electron chi connectivity index (χ4n) is 1.87. The Bertz CT molecular complexity index is 411. The van der Waals surface area contributed by atoms with Gasteiger partial charge in [0.2, 0.25) is 0 Å². The molecule has 2 rings (SSSR count). The Morgan fingerprint density at radius 3 is 2.28 bits per heavy atom. The highest BCUT2D eigenvalue weighted by atomic mass is 15.1. The van der Waals surface area contributed by atoms with E-state index >= 15 is 0 Å². The lowest BCUT2D eigenvalue weighted by molar-refractivity contribution is 0.685. The molecule has 1 saturated carbocycles. The molecule has 2 N–H and O–H groups in total. The van der Waals surface area contributed by atoms with Crippen LogP contribution in [0.2, 0.25) is 0 Å². The number of nitrogens with one attached hydrogen (secondary N) is 2. The topological polar surface area (TPSA) is 49.8 Å². The maximum Gasteiger partial charge on any atom is 0.136 e. The second kappa shape index (κ2) is 5.55. The van der Waals surface area contributed by atoms with Gasteiger partial charge in [-0.25, -0.2) is 9.97 Å². The van der Waals surface area contributed by atoms with E-state index in [1.54, 1.807) is 0 Å². The summed E-state index contributed by atoms with van der Waals surface area (Å²) in [4.78, 5) is 9.34. The molecule has 0 aliphatic heterocycles. The SMILES string of the molecule is CCNc1nc(C2CC2)nc(NCC(C)C)c1C. The van der Waals surface area contributed by atoms with Crippen LogP contribution in [0.5, 0.6) is 0 Å². The molecule has 1 aliphatic rings. The van der Waals surface area contributed by atoms with Crippen LogP contribution in [0.25, 0.3) is 0 Å². The molecule has 0 saturated heterocycles. The maximum atomic E-state index is 4.69. The minimum absolute atomic E-state index is 0.586. The van der Waals surface area contributed by atoms with Crippen molar-refractivity contribution in [2.75, 3.05) is 23.7 Å². The summed E-state index contributed by atoms with van der Waals surface area (Å²) < 4.78 is 0. The third-order valence-corrected chi connectivity index (χ3v) is 3.13. The normalized spacial score (nSPS) is 14.9. The summed E-state index contributed by atoms with van der Waals surface area (Å²) in [6.07, 6.45) is 2.47. The highest BCUT2D eigenvalue weighted by Gasteiger charge is 2.28. The van der Waals surface area contributed by atoms with Crippen LogP contribution in [0.15, 0.2) is 0 Å². The summed E-state index contributed by atoms with van der Waals surface area (Å²) in [6.45, 7) is 10.4. The van der Waals surface area contributed by atoms with Gasteiger partial charge in [0, 0.05) is 24.6 Å². The average Bonchev–Trinajstić information content (AvgIpc) is 3.14. The molecule has 1 fully saturated rings. The van der Waals surface area contributed by atoms with Gasteiger partial charge in [0.25, 0.3) is 0 Å². The van der Waals surface area contributed by atoms with E-state index in [1.165, 1.54) is 12.8 Å². The van der Waals surface area contributed by atoms with Crippen molar-refractivity contribution in [2.24, 2.45) is 5.92 Å². The molecule has 100 valence electrons. The molecular weight excluding hydrogens is 224 g/mol. The van der Waals surface area contributed by atoms with E-state index in [0.717, 1.165) is 36.1 Å². The first kappa shape index (κ1) is 13.1. The van der Waals surface area contributed by atoms with E-state index in [2.05, 4.69) is 48.3 Å². The van der Waals surface area contributed by atoms with Gasteiger partial charge >= 0.3 is 0 Å². The first-order chi connectivity index (χ1) is 8.61. The molecule has 0 amide bonds. The van der Waals surface area contributed by atoms with Gasteiger partial charge in [-0.3, -0.25) is 0 Å². The second-order valence-corrected chi connectivity index (χ2v) is 5.48. The van der Waals surface area contributed by atoms with Crippen molar-refractivity contribution in [3.05, 3.63) is 11.4 Å². The molecule has 18 heavy (non-hydrogen) atoms. The van der Waals surface area contributed by atoms with Gasteiger partial charge < -0.3 is 10.6 Å². The summed E-state index contributed by atoms with van der Waals surface area (Å²) in [5, 5.41) is 6.78. The third-order valence-electron chi connectivity index (χ3n) is 3.13. The predicted molar refractivity (Wildman–Crippen MR) is 76.2 cm³/mol. The number of anilines is 2. The highest BCUT2D eigenvalue weighted by Crippen LogP contribution is 2.39. The van der Waals surface area contributed by atoms with E-state index in [0.29, 0.717) is 11.8 Å². The zero-order valence-electron chi connectivity index (χ0n) is 11.9. The largest absolute Gasteiger partial charge is 0.370 e. The summed E-state index contributed by atoms with van der Waals surface area (Å²) >= 11 is 0. The van der Waals surface area contributed by atoms with Crippen molar-refractivity contribution in [1.29, 1.82) is 0 Å². The zero-order chi connectivity index (χ0) is 13.1. The highest BCUT2D eigenvalue weighted by molar-refractivity contribution is 5.57. The summed E-state index contributed by atoms with van der Waals surface area (Å²) in [5.74, 6) is 4.19. The third kappa shape index (κ3) is 3.12. The molecule has 0 bridgehead atoms. The fourth-order valence-corrected chi connectivity index (χ4v) is 1.87. The Hall–Kier alpha value is -1.32. The molecule has 1 heterocycles. The molecule has 1 aromatic heterocycles. The standard InChI is InChI=1S/C14H24N4/c1-5-15-12-10(4)13(16-8-9(2)3)18-14(17-12)11-6-7-11/h9,11H,5-8H2,1-4H3,(H2,15,16,17,18). The van der Waals surface area contributed by atoms with Crippen LogP contribution in [0.3, 0.4) is 0 Å². The van der Waals surface area contributed by atoms with Gasteiger partial charge in [-0.15, -0.1) is 0 Å². The van der Waals surface area contributed by atoms with Gasteiger partial charge in [0.15, 0.2) is 0 Å². The molecule has 4 heteroatoms. The van der Waals surface area contributed by atoms with Crippen molar-refractivity contribution in [1.82, 2.24) is 9.97 Å². The van der Waals surface area contributed by atoms with Crippen LogP contribution >= 0.6 is 0 Å². The fraction of sp³-hybridized carbons (Fsp3) is 0.714. The number of hydrogen-bond donors (Lipinski definition) is 2. The Balaban J connectivity index is 2.24. The smallest absolute Gasteiger partial charge is 0.136 e. The number of rotatable bonds is 6. The lowest BCUT2D eigenvalue weighted by Gasteiger charge is -2.15. The van der Waals surface area contributed by atoms with Crippen molar-refractivity contribution in [2.45, 2.75) is 46.5 Å². The quantitative estimate of drug-likeness (QED) is 0.812. The van der Waals surface area contributed by atoms with Gasteiger partial charge in [-0.05, 0) is 32.6 Å². The summed E-state index contributed by atoms with van der Waals surface area (Å²) in [6, 6.07) is 0. The van der Waals surface area contributed by atoms with Crippen LogP contribution in [0, 0.1) is 12.8 Å². The molecule has 0 unspecified atom stereocenters. The second-order valence-electron chi connectivity index (χ2n) is 5.48. The van der Waals surface area contributed by atoms with Crippen LogP contribution in [-0.2, 0) is 0 Å². The Morgan fingerprint density at radius 1 is 1.17 bits per heavy atom. The molecule has 0 spiro atoms. The molecule has 1 aliphatic carbocycles. The average molecular weight is 248 g/mol. The molecule has 1 aromatic rings. The van der Waals surface area contributed by atoms with Crippen LogP contribution in [0.1, 0.15) is 50.9 Å². The van der Waals surface area contributed by atoms with Crippen LogP contribution in [0.4, 0.5) is 11.6 Å². The van der Waals surface area contributed by atoms with E-state index in [-0.39, 0.29) is 0 Å². The molecule has 4 nitrogen and oxygen atoms in total. The molecule has 0 aromatic carbocycles. The van der Waals surface area contributed by atoms with E-state index in [9.17, 15) is 0 Å². The lowest BCUT2D eigenvalue weighted by Crippen LogP contribution is -2.14. The first-order valence-corrected chi connectivity index (χ1v) is 6.98. The van der Waals surface area contributed by atoms with Gasteiger partial charge in [-0.2, -0.15) is 0 Å². The Morgan fingerprint density at radius 2 is 1.78 bits per heavy atom. The number of hydrogen-bond acceptors (Lipinski definition) is 4. The minimum Gasteiger partial charge on any atom is -0.370 e. The van der Waals surface area contributed by atoms with E-state index in [1.807, 2.05) is 0 Å². The van der Waals surface area contributed by atoms with E-state index < -0.39 is 0 Å². The van der Waals surface area contributed by atoms with Crippen molar-refractivity contribution in [3.63, 3.8) is 0 Å². The lowest BCUT2D eigenvalue weighted by atomic mass is 10.2. The Kier molecular flexibility index (Phi) is 4.04. The van der Waals surface area contributed by atoms with Crippen molar-refractivity contribution >= 4 is 11.6 Å². The summed E-state index contributed by atoms with van der Waals surface area (Å²) in [7, 11) is 0. The number of aromatic nitrogens is 2. The summed E-state index contributed by atoms with van der Waals surface area (Å²) in [5.41, 5.74) is 1.13.